The van der Waals surface area contributed by atoms with E-state index in [-0.39, 0.29) is 17.0 Å². The molecule has 0 aromatic carbocycles. The summed E-state index contributed by atoms with van der Waals surface area (Å²) in [6.45, 7) is 19.2. The summed E-state index contributed by atoms with van der Waals surface area (Å²) < 4.78 is 0. The fraction of sp³-hybridized carbons (Fsp3) is 0.842. The summed E-state index contributed by atoms with van der Waals surface area (Å²) >= 11 is 0. The molecule has 0 aliphatic heterocycles. The van der Waals surface area contributed by atoms with Crippen molar-refractivity contribution in [2.24, 2.45) is 0 Å². The Bertz CT molecular complexity index is 530. The van der Waals surface area contributed by atoms with Crippen molar-refractivity contribution in [3.8, 4) is 0 Å². The molecule has 26 heavy (non-hydrogen) atoms. The van der Waals surface area contributed by atoms with Crippen LogP contribution in [-0.2, 0) is 9.59 Å². The first kappa shape index (κ1) is 25.0. The monoisotopic (exact) mass is 397 g/mol. The first-order valence-corrected chi connectivity index (χ1v) is 17.0. The minimum Gasteiger partial charge on any atom is -0.360 e. The zero-order valence-electron chi connectivity index (χ0n) is 18.3. The van der Waals surface area contributed by atoms with Gasteiger partial charge in [0, 0.05) is 18.3 Å². The van der Waals surface area contributed by atoms with Gasteiger partial charge in [0.1, 0.15) is 0 Å². The van der Waals surface area contributed by atoms with Crippen LogP contribution in [0.5, 0.6) is 0 Å². The Kier molecular flexibility index (Phi) is 9.91. The molecular formula is C19H39N3O2Si2. The van der Waals surface area contributed by atoms with Gasteiger partial charge in [-0.15, -0.1) is 0 Å². The fourth-order valence-electron chi connectivity index (χ4n) is 4.10. The Balaban J connectivity index is 5.97. The van der Waals surface area contributed by atoms with Gasteiger partial charge in [0.2, 0.25) is 5.78 Å². The van der Waals surface area contributed by atoms with Crippen molar-refractivity contribution < 1.29 is 14.4 Å². The second-order valence-electron chi connectivity index (χ2n) is 9.55. The molecule has 0 N–H and O–H groups in total. The highest BCUT2D eigenvalue weighted by atomic mass is 28.4. The van der Waals surface area contributed by atoms with Gasteiger partial charge in [0.05, 0.1) is 16.1 Å². The Labute approximate surface area is 162 Å². The number of rotatable bonds is 11. The van der Waals surface area contributed by atoms with Crippen molar-refractivity contribution in [2.45, 2.75) is 103 Å². The topological polar surface area (TPSA) is 73.8 Å². The van der Waals surface area contributed by atoms with Crippen LogP contribution in [-0.4, -0.2) is 54.6 Å². The number of Topliss-reactive ketones (excluding diaryl/α,β-unsaturated/α-hetero) is 1. The highest BCUT2D eigenvalue weighted by molar-refractivity contribution is 6.96. The molecule has 0 spiro atoms. The third-order valence-corrected chi connectivity index (χ3v) is 13.8. The summed E-state index contributed by atoms with van der Waals surface area (Å²) in [4.78, 5) is 30.1. The lowest BCUT2D eigenvalue weighted by Gasteiger charge is -2.48. The second-order valence-corrected chi connectivity index (χ2v) is 20.7. The van der Waals surface area contributed by atoms with Crippen LogP contribution in [0.15, 0.2) is 0 Å². The van der Waals surface area contributed by atoms with E-state index in [2.05, 4.69) is 57.9 Å². The van der Waals surface area contributed by atoms with Crippen LogP contribution in [0.3, 0.4) is 0 Å². The minimum atomic E-state index is -1.74. The lowest BCUT2D eigenvalue weighted by atomic mass is 10.1. The van der Waals surface area contributed by atoms with E-state index in [1.54, 1.807) is 0 Å². The third-order valence-electron chi connectivity index (χ3n) is 4.74. The molecule has 0 saturated heterocycles. The zero-order chi connectivity index (χ0) is 20.7. The van der Waals surface area contributed by atoms with E-state index in [0.29, 0.717) is 0 Å². The predicted molar refractivity (Wildman–Crippen MR) is 115 cm³/mol. The number of hydrogen-bond acceptors (Lipinski definition) is 2. The molecule has 1 atom stereocenters. The number of unbranched alkanes of at least 4 members (excludes halogenated alkanes) is 3. The summed E-state index contributed by atoms with van der Waals surface area (Å²) in [5.41, 5.74) is 8.93. The average molecular weight is 398 g/mol. The molecule has 7 heteroatoms. The van der Waals surface area contributed by atoms with Gasteiger partial charge in [-0.25, -0.2) is 0 Å². The van der Waals surface area contributed by atoms with Gasteiger partial charge in [-0.2, -0.15) is 4.79 Å². The van der Waals surface area contributed by atoms with Crippen molar-refractivity contribution in [3.05, 3.63) is 5.53 Å². The molecule has 0 aliphatic rings. The summed E-state index contributed by atoms with van der Waals surface area (Å²) in [6.07, 6.45) is 5.50. The van der Waals surface area contributed by atoms with Gasteiger partial charge in [-0.3, -0.25) is 9.59 Å². The Morgan fingerprint density at radius 2 is 1.50 bits per heavy atom. The van der Waals surface area contributed by atoms with Gasteiger partial charge < -0.3 is 10.4 Å². The molecule has 1 amide bonds. The molecule has 150 valence electrons. The van der Waals surface area contributed by atoms with E-state index in [0.717, 1.165) is 19.3 Å². The number of amides is 1. The molecule has 0 aromatic heterocycles. The normalized spacial score (nSPS) is 13.3. The fourth-order valence-corrected chi connectivity index (χ4v) is 16.9. The number of carbonyl (C=O) groups excluding carboxylic acids is 2. The van der Waals surface area contributed by atoms with Crippen molar-refractivity contribution in [3.63, 3.8) is 0 Å². The molecule has 0 saturated carbocycles. The van der Waals surface area contributed by atoms with Crippen LogP contribution in [0.1, 0.15) is 52.9 Å². The molecule has 5 nitrogen and oxygen atoms in total. The van der Waals surface area contributed by atoms with E-state index in [4.69, 9.17) is 0 Å². The number of hydrogen-bond donors (Lipinski definition) is 0. The lowest BCUT2D eigenvalue weighted by molar-refractivity contribution is -0.133. The Morgan fingerprint density at radius 1 is 1.00 bits per heavy atom. The standard InChI is InChI=1S/C19H39N3O2Si2/c1-10-11-12-13-14-15(2)22(18(24)17(21-20)16(3)23)19(25(4,5)6)26(7,8)9/h15,19H,10-14H2,1-9H3. The van der Waals surface area contributed by atoms with Gasteiger partial charge >= 0.3 is 11.6 Å². The van der Waals surface area contributed by atoms with Crippen LogP contribution in [0.4, 0.5) is 0 Å². The molecule has 0 bridgehead atoms. The SMILES string of the molecule is CCCCCCC(C)N(C(=O)C(=[N+]=[N-])C(C)=O)C([Si](C)(C)C)[Si](C)(C)C. The van der Waals surface area contributed by atoms with Crippen molar-refractivity contribution in [1.29, 1.82) is 0 Å². The minimum absolute atomic E-state index is 0.0268. The van der Waals surface area contributed by atoms with Crippen LogP contribution in [0.25, 0.3) is 5.53 Å². The van der Waals surface area contributed by atoms with Crippen molar-refractivity contribution in [1.82, 2.24) is 4.90 Å². The highest BCUT2D eigenvalue weighted by Gasteiger charge is 2.48. The number of ketones is 1. The van der Waals surface area contributed by atoms with Crippen molar-refractivity contribution in [2.75, 3.05) is 0 Å². The molecular weight excluding hydrogens is 358 g/mol. The summed E-state index contributed by atoms with van der Waals surface area (Å²) in [7, 11) is -3.48. The highest BCUT2D eigenvalue weighted by Crippen LogP contribution is 2.28. The van der Waals surface area contributed by atoms with Gasteiger partial charge in [-0.1, -0.05) is 71.9 Å². The summed E-state index contributed by atoms with van der Waals surface area (Å²) in [6, 6.07) is 0.0268. The second kappa shape index (κ2) is 10.3. The molecule has 0 rings (SSSR count). The van der Waals surface area contributed by atoms with Crippen molar-refractivity contribution >= 4 is 33.5 Å². The van der Waals surface area contributed by atoms with Gasteiger partial charge in [-0.05, 0) is 13.3 Å². The smallest absolute Gasteiger partial charge is 0.360 e. The van der Waals surface area contributed by atoms with Gasteiger partial charge in [0.25, 0.3) is 0 Å². The number of nitrogens with zero attached hydrogens (tertiary/aromatic N) is 3. The molecule has 1 unspecified atom stereocenters. The first-order valence-electron chi connectivity index (χ1n) is 9.84. The molecule has 0 aliphatic carbocycles. The maximum Gasteiger partial charge on any atom is 0.421 e. The van der Waals surface area contributed by atoms with Crippen LogP contribution < -0.4 is 0 Å². The van der Waals surface area contributed by atoms with Crippen LogP contribution >= 0.6 is 0 Å². The zero-order valence-corrected chi connectivity index (χ0v) is 20.3. The quantitative estimate of drug-likeness (QED) is 0.128. The van der Waals surface area contributed by atoms with Gasteiger partial charge in [0.15, 0.2) is 0 Å². The first-order chi connectivity index (χ1) is 11.8. The predicted octanol–water partition coefficient (Wildman–Crippen LogP) is 4.56. The maximum absolute atomic E-state index is 13.2. The summed E-state index contributed by atoms with van der Waals surface area (Å²) in [5, 5.41) is 0.166. The third kappa shape index (κ3) is 7.29. The van der Waals surface area contributed by atoms with E-state index in [9.17, 15) is 15.1 Å². The van der Waals surface area contributed by atoms with Crippen LogP contribution in [0.2, 0.25) is 39.3 Å². The Hall–Kier alpha value is -1.05. The van der Waals surface area contributed by atoms with E-state index < -0.39 is 27.8 Å². The Morgan fingerprint density at radius 3 is 1.85 bits per heavy atom. The van der Waals surface area contributed by atoms with E-state index in [1.807, 2.05) is 4.90 Å². The number of carbonyl (C=O) groups is 2. The molecule has 0 aromatic rings. The largest absolute Gasteiger partial charge is 0.421 e. The van der Waals surface area contributed by atoms with E-state index >= 15 is 0 Å². The molecule has 0 radical (unpaired) electrons. The molecule has 0 fully saturated rings. The van der Waals surface area contributed by atoms with E-state index in [1.165, 1.54) is 19.8 Å². The molecule has 0 heterocycles. The lowest BCUT2D eigenvalue weighted by Crippen LogP contribution is -2.67. The maximum atomic E-state index is 13.2. The average Bonchev–Trinajstić information content (AvgIpc) is 2.46. The summed E-state index contributed by atoms with van der Waals surface area (Å²) in [5.74, 6) is -0.886. The van der Waals surface area contributed by atoms with Crippen LogP contribution in [0, 0.1) is 0 Å².